The van der Waals surface area contributed by atoms with Crippen molar-refractivity contribution in [3.8, 4) is 0 Å². The molecule has 1 heteroatoms. The van der Waals surface area contributed by atoms with Crippen LogP contribution in [0, 0.1) is 0 Å². The van der Waals surface area contributed by atoms with Gasteiger partial charge in [0.25, 0.3) is 0 Å². The molecule has 0 fully saturated rings. The summed E-state index contributed by atoms with van der Waals surface area (Å²) in [6.45, 7) is 7.89. The average molecular weight is 165 g/mol. The monoisotopic (exact) mass is 165 g/mol. The zero-order valence-corrected chi connectivity index (χ0v) is 8.35. The molecule has 68 valence electrons. The van der Waals surface area contributed by atoms with Crippen LogP contribution in [0.25, 0.3) is 0 Å². The van der Waals surface area contributed by atoms with Gasteiger partial charge < -0.3 is 5.32 Å². The van der Waals surface area contributed by atoms with Gasteiger partial charge in [0, 0.05) is 12.7 Å². The standard InChI is InChI=1S/C11H19N/c1-5-6-7-8-11(12-4)9-10(2)3/h5-6,9,12H,2,7-8H2,1,3-4H3/b6-5+,11-9-. The zero-order chi connectivity index (χ0) is 9.40. The van der Waals surface area contributed by atoms with Crippen LogP contribution in [-0.2, 0) is 0 Å². The molecule has 0 rings (SSSR count). The van der Waals surface area contributed by atoms with E-state index in [2.05, 4.69) is 30.1 Å². The van der Waals surface area contributed by atoms with Gasteiger partial charge in [0.2, 0.25) is 0 Å². The van der Waals surface area contributed by atoms with E-state index in [1.54, 1.807) is 0 Å². The summed E-state index contributed by atoms with van der Waals surface area (Å²) in [5.74, 6) is 0. The van der Waals surface area contributed by atoms with E-state index < -0.39 is 0 Å². The Morgan fingerprint density at radius 1 is 1.50 bits per heavy atom. The summed E-state index contributed by atoms with van der Waals surface area (Å²) in [6.07, 6.45) is 8.49. The Morgan fingerprint density at radius 3 is 2.58 bits per heavy atom. The van der Waals surface area contributed by atoms with Crippen molar-refractivity contribution in [1.82, 2.24) is 5.32 Å². The van der Waals surface area contributed by atoms with Crippen LogP contribution >= 0.6 is 0 Å². The molecule has 0 aliphatic carbocycles. The summed E-state index contributed by atoms with van der Waals surface area (Å²) in [7, 11) is 1.95. The predicted octanol–water partition coefficient (Wildman–Crippen LogP) is 3.02. The first kappa shape index (κ1) is 11.0. The molecule has 0 radical (unpaired) electrons. The van der Waals surface area contributed by atoms with Gasteiger partial charge in [-0.2, -0.15) is 0 Å². The molecule has 0 amide bonds. The lowest BCUT2D eigenvalue weighted by molar-refractivity contribution is 0.850. The molecule has 0 aromatic rings. The second kappa shape index (κ2) is 6.71. The zero-order valence-electron chi connectivity index (χ0n) is 8.35. The molecule has 0 unspecified atom stereocenters. The molecule has 1 nitrogen and oxygen atoms in total. The van der Waals surface area contributed by atoms with Crippen molar-refractivity contribution >= 4 is 0 Å². The molecule has 0 aromatic carbocycles. The Hall–Kier alpha value is -0.980. The lowest BCUT2D eigenvalue weighted by Gasteiger charge is -2.04. The number of hydrogen-bond acceptors (Lipinski definition) is 1. The fourth-order valence-electron chi connectivity index (χ4n) is 0.972. The van der Waals surface area contributed by atoms with Crippen LogP contribution in [0.1, 0.15) is 26.7 Å². The van der Waals surface area contributed by atoms with E-state index in [-0.39, 0.29) is 0 Å². The topological polar surface area (TPSA) is 12.0 Å². The van der Waals surface area contributed by atoms with E-state index in [1.807, 2.05) is 20.9 Å². The van der Waals surface area contributed by atoms with Gasteiger partial charge in [-0.05, 0) is 32.8 Å². The maximum Gasteiger partial charge on any atom is 0.0110 e. The molecule has 0 bridgehead atoms. The van der Waals surface area contributed by atoms with E-state index in [1.165, 1.54) is 5.70 Å². The highest BCUT2D eigenvalue weighted by Gasteiger charge is 1.91. The minimum absolute atomic E-state index is 1.06. The Morgan fingerprint density at radius 2 is 2.17 bits per heavy atom. The third-order valence-electron chi connectivity index (χ3n) is 1.56. The first-order valence-electron chi connectivity index (χ1n) is 4.35. The molecule has 0 heterocycles. The van der Waals surface area contributed by atoms with Crippen LogP contribution in [0.2, 0.25) is 0 Å². The van der Waals surface area contributed by atoms with E-state index in [9.17, 15) is 0 Å². The van der Waals surface area contributed by atoms with Crippen molar-refractivity contribution in [1.29, 1.82) is 0 Å². The van der Waals surface area contributed by atoms with E-state index in [4.69, 9.17) is 0 Å². The number of allylic oxidation sites excluding steroid dienone is 5. The molecular weight excluding hydrogens is 146 g/mol. The van der Waals surface area contributed by atoms with Gasteiger partial charge >= 0.3 is 0 Å². The molecular formula is C11H19N. The fraction of sp³-hybridized carbons (Fsp3) is 0.455. The van der Waals surface area contributed by atoms with Gasteiger partial charge in [-0.25, -0.2) is 0 Å². The molecule has 0 aliphatic heterocycles. The lowest BCUT2D eigenvalue weighted by Crippen LogP contribution is -2.05. The van der Waals surface area contributed by atoms with Crippen molar-refractivity contribution in [3.63, 3.8) is 0 Å². The Bertz CT molecular complexity index is 187. The normalized spacial score (nSPS) is 12.1. The first-order chi connectivity index (χ1) is 5.70. The Kier molecular flexibility index (Phi) is 6.16. The molecule has 0 atom stereocenters. The van der Waals surface area contributed by atoms with Crippen LogP contribution in [0.4, 0.5) is 0 Å². The van der Waals surface area contributed by atoms with Gasteiger partial charge in [0.05, 0.1) is 0 Å². The first-order valence-corrected chi connectivity index (χ1v) is 4.35. The Labute approximate surface area is 75.9 Å². The van der Waals surface area contributed by atoms with Crippen molar-refractivity contribution in [2.24, 2.45) is 0 Å². The molecule has 0 spiro atoms. The van der Waals surface area contributed by atoms with Gasteiger partial charge in [-0.15, -0.1) is 0 Å². The van der Waals surface area contributed by atoms with Crippen molar-refractivity contribution < 1.29 is 0 Å². The third kappa shape index (κ3) is 5.78. The quantitative estimate of drug-likeness (QED) is 0.488. The molecule has 12 heavy (non-hydrogen) atoms. The molecule has 0 aliphatic rings. The number of hydrogen-bond donors (Lipinski definition) is 1. The molecule has 0 aromatic heterocycles. The minimum atomic E-state index is 1.06. The summed E-state index contributed by atoms with van der Waals surface area (Å²) in [6, 6.07) is 0. The van der Waals surface area contributed by atoms with Crippen LogP contribution in [-0.4, -0.2) is 7.05 Å². The second-order valence-electron chi connectivity index (χ2n) is 2.87. The summed E-state index contributed by atoms with van der Waals surface area (Å²) in [4.78, 5) is 0. The maximum absolute atomic E-state index is 3.84. The van der Waals surface area contributed by atoms with Crippen molar-refractivity contribution in [2.75, 3.05) is 7.05 Å². The number of nitrogens with one attached hydrogen (secondary N) is 1. The Balaban J connectivity index is 3.91. The summed E-state index contributed by atoms with van der Waals surface area (Å²) >= 11 is 0. The van der Waals surface area contributed by atoms with Crippen LogP contribution in [0.3, 0.4) is 0 Å². The van der Waals surface area contributed by atoms with E-state index in [0.717, 1.165) is 18.4 Å². The third-order valence-corrected chi connectivity index (χ3v) is 1.56. The largest absolute Gasteiger partial charge is 0.391 e. The minimum Gasteiger partial charge on any atom is -0.391 e. The van der Waals surface area contributed by atoms with Gasteiger partial charge in [-0.3, -0.25) is 0 Å². The lowest BCUT2D eigenvalue weighted by atomic mass is 10.2. The van der Waals surface area contributed by atoms with Gasteiger partial charge in [-0.1, -0.05) is 24.3 Å². The highest BCUT2D eigenvalue weighted by Crippen LogP contribution is 2.04. The summed E-state index contributed by atoms with van der Waals surface area (Å²) in [5, 5.41) is 3.16. The highest BCUT2D eigenvalue weighted by atomic mass is 14.8. The van der Waals surface area contributed by atoms with Crippen molar-refractivity contribution in [3.05, 3.63) is 36.1 Å². The SMILES string of the molecule is C=C(C)/C=C(/CC/C=C/C)NC. The van der Waals surface area contributed by atoms with Gasteiger partial charge in [0.1, 0.15) is 0 Å². The fourth-order valence-corrected chi connectivity index (χ4v) is 0.972. The van der Waals surface area contributed by atoms with E-state index >= 15 is 0 Å². The molecule has 1 N–H and O–H groups in total. The molecule has 0 saturated heterocycles. The molecule has 0 saturated carbocycles. The van der Waals surface area contributed by atoms with Crippen LogP contribution in [0.15, 0.2) is 36.1 Å². The van der Waals surface area contributed by atoms with E-state index in [0.29, 0.717) is 0 Å². The highest BCUT2D eigenvalue weighted by molar-refractivity contribution is 5.17. The predicted molar refractivity (Wildman–Crippen MR) is 56.0 cm³/mol. The smallest absolute Gasteiger partial charge is 0.0110 e. The summed E-state index contributed by atoms with van der Waals surface area (Å²) < 4.78 is 0. The summed E-state index contributed by atoms with van der Waals surface area (Å²) in [5.41, 5.74) is 2.35. The van der Waals surface area contributed by atoms with Crippen molar-refractivity contribution in [2.45, 2.75) is 26.7 Å². The van der Waals surface area contributed by atoms with Gasteiger partial charge in [0.15, 0.2) is 0 Å². The maximum atomic E-state index is 3.84. The average Bonchev–Trinajstić information content (AvgIpc) is 2.02. The number of rotatable bonds is 5. The van der Waals surface area contributed by atoms with Crippen LogP contribution in [0.5, 0.6) is 0 Å². The second-order valence-corrected chi connectivity index (χ2v) is 2.87. The van der Waals surface area contributed by atoms with Crippen LogP contribution < -0.4 is 5.32 Å².